The summed E-state index contributed by atoms with van der Waals surface area (Å²) in [6.45, 7) is 26.9. The number of hydrogen-bond donors (Lipinski definition) is 0. The van der Waals surface area contributed by atoms with Gasteiger partial charge in [-0.25, -0.2) is 0 Å². The Morgan fingerprint density at radius 2 is 1.38 bits per heavy atom. The summed E-state index contributed by atoms with van der Waals surface area (Å²) in [6, 6.07) is 44.5. The van der Waals surface area contributed by atoms with Crippen LogP contribution in [0.15, 0.2) is 109 Å². The van der Waals surface area contributed by atoms with Gasteiger partial charge in [-0.2, -0.15) is 0 Å². The average Bonchev–Trinajstić information content (AvgIpc) is 3.99. The Hall–Kier alpha value is -4.40. The monoisotopic (exact) mass is 1040 g/mol. The molecule has 7 heteroatoms. The molecule has 1 saturated carbocycles. The minimum absolute atomic E-state index is 0. The molecule has 63 heavy (non-hydrogen) atoms. The maximum atomic E-state index is 5.26. The molecule has 1 aliphatic carbocycles. The second kappa shape index (κ2) is 19.0. The number of para-hydroxylation sites is 3. The van der Waals surface area contributed by atoms with Gasteiger partial charge in [-0.15, -0.1) is 59.7 Å². The molecule has 0 unspecified atom stereocenters. The molecule has 0 amide bonds. The SMILES string of the molecule is CCn1c2c[c-]c(-c3nc4ccccc4n3-c3c(C(C)C)cccc3C(C)C)cc2c2cc([Si](C)(C)C)ccc21.C[Si](C)(C)c1cnc(-c2[c-]cccc2)cc1CC1CCCC1.[Ir]. The van der Waals surface area contributed by atoms with Crippen molar-refractivity contribution in [3.05, 3.63) is 138 Å². The van der Waals surface area contributed by atoms with Crippen LogP contribution in [0, 0.1) is 18.1 Å². The van der Waals surface area contributed by atoms with Gasteiger partial charge in [0, 0.05) is 44.1 Å². The van der Waals surface area contributed by atoms with Crippen molar-refractivity contribution in [2.75, 3.05) is 0 Å². The largest absolute Gasteiger partial charge is 0.381 e. The topological polar surface area (TPSA) is 35.6 Å². The number of fused-ring (bicyclic) bond motifs is 4. The van der Waals surface area contributed by atoms with Gasteiger partial charge in [0.2, 0.25) is 0 Å². The van der Waals surface area contributed by atoms with Crippen LogP contribution in [0.1, 0.15) is 88.8 Å². The van der Waals surface area contributed by atoms with Crippen LogP contribution in [-0.2, 0) is 33.1 Å². The molecule has 0 spiro atoms. The van der Waals surface area contributed by atoms with Gasteiger partial charge in [-0.1, -0.05) is 157 Å². The first-order chi connectivity index (χ1) is 29.6. The number of nitrogens with zero attached hydrogens (tertiary/aromatic N) is 4. The van der Waals surface area contributed by atoms with Crippen LogP contribution >= 0.6 is 0 Å². The Bertz CT molecular complexity index is 2820. The van der Waals surface area contributed by atoms with Gasteiger partial charge in [-0.3, -0.25) is 4.98 Å². The molecule has 329 valence electrons. The molecule has 4 nitrogen and oxygen atoms in total. The number of pyridine rings is 1. The van der Waals surface area contributed by atoms with Crippen molar-refractivity contribution in [1.29, 1.82) is 0 Å². The molecule has 8 aromatic rings. The summed E-state index contributed by atoms with van der Waals surface area (Å²) in [7, 11) is -2.81. The van der Waals surface area contributed by atoms with Crippen molar-refractivity contribution < 1.29 is 20.1 Å². The molecular formula is C56H66IrN4Si2-2. The number of aryl methyl sites for hydroxylation is 1. The van der Waals surface area contributed by atoms with E-state index in [1.165, 1.54) is 75.9 Å². The van der Waals surface area contributed by atoms with Crippen LogP contribution < -0.4 is 10.4 Å². The Labute approximate surface area is 393 Å². The smallest absolute Gasteiger partial charge is 0.0798 e. The van der Waals surface area contributed by atoms with Gasteiger partial charge in [0.25, 0.3) is 0 Å². The molecule has 1 radical (unpaired) electrons. The zero-order valence-corrected chi connectivity index (χ0v) is 43.9. The fourth-order valence-corrected chi connectivity index (χ4v) is 12.5. The summed E-state index contributed by atoms with van der Waals surface area (Å²) >= 11 is 0. The Morgan fingerprint density at radius 1 is 0.698 bits per heavy atom. The van der Waals surface area contributed by atoms with Crippen molar-refractivity contribution in [1.82, 2.24) is 19.1 Å². The number of aromatic nitrogens is 4. The summed E-state index contributed by atoms with van der Waals surface area (Å²) in [6.07, 6.45) is 9.03. The number of hydrogen-bond acceptors (Lipinski definition) is 2. The van der Waals surface area contributed by atoms with Crippen LogP contribution in [0.2, 0.25) is 39.3 Å². The normalized spacial score (nSPS) is 13.6. The first-order valence-corrected chi connectivity index (χ1v) is 30.2. The predicted molar refractivity (Wildman–Crippen MR) is 272 cm³/mol. The molecule has 5 aromatic carbocycles. The third kappa shape index (κ3) is 9.54. The molecule has 0 bridgehead atoms. The van der Waals surface area contributed by atoms with Crippen molar-refractivity contribution in [2.45, 2.75) is 124 Å². The van der Waals surface area contributed by atoms with Crippen molar-refractivity contribution in [3.8, 4) is 28.3 Å². The molecule has 3 heterocycles. The van der Waals surface area contributed by atoms with E-state index in [-0.39, 0.29) is 20.1 Å². The van der Waals surface area contributed by atoms with E-state index >= 15 is 0 Å². The molecule has 0 aliphatic heterocycles. The second-order valence-electron chi connectivity index (χ2n) is 20.3. The summed E-state index contributed by atoms with van der Waals surface area (Å²) in [5.74, 6) is 2.61. The maximum Gasteiger partial charge on any atom is 0.0798 e. The van der Waals surface area contributed by atoms with Crippen LogP contribution in [0.5, 0.6) is 0 Å². The average molecular weight is 1040 g/mol. The van der Waals surface area contributed by atoms with Gasteiger partial charge in [0.1, 0.15) is 0 Å². The standard InChI is InChI=1S/C36H40N3Si.C20H26NSi.Ir/c1-9-38-32-19-17-25(21-29(32)30-22-26(40(6,7)8)18-20-33(30)38)36-37-31-15-10-11-16-34(31)39(36)35-27(23(2)3)13-12-14-28(35)24(4)5;1-22(2,3)20-15-21-19(17-11-5-4-6-12-17)14-18(20)13-16-9-7-8-10-16;/h10-16,18-24H,9H2,1-8H3;4-6,11,14-16H,7-10,13H2,1-3H3;/q2*-1;. The molecule has 0 saturated heterocycles. The molecule has 9 rings (SSSR count). The van der Waals surface area contributed by atoms with E-state index in [4.69, 9.17) is 9.97 Å². The minimum Gasteiger partial charge on any atom is -0.381 e. The van der Waals surface area contributed by atoms with Gasteiger partial charge >= 0.3 is 0 Å². The quantitative estimate of drug-likeness (QED) is 0.101. The zero-order valence-electron chi connectivity index (χ0n) is 39.5. The Kier molecular flexibility index (Phi) is 14.0. The predicted octanol–water partition coefficient (Wildman–Crippen LogP) is 14.2. The van der Waals surface area contributed by atoms with E-state index in [9.17, 15) is 0 Å². The van der Waals surface area contributed by atoms with Crippen LogP contribution in [0.25, 0.3) is 61.2 Å². The number of rotatable bonds is 10. The van der Waals surface area contributed by atoms with E-state index in [1.807, 2.05) is 12.1 Å². The summed E-state index contributed by atoms with van der Waals surface area (Å²) < 4.78 is 4.83. The van der Waals surface area contributed by atoms with Gasteiger partial charge in [-0.05, 0) is 82.2 Å². The third-order valence-electron chi connectivity index (χ3n) is 13.1. The molecule has 0 N–H and O–H groups in total. The third-order valence-corrected chi connectivity index (χ3v) is 17.2. The summed E-state index contributed by atoms with van der Waals surface area (Å²) in [5, 5.41) is 5.65. The van der Waals surface area contributed by atoms with Gasteiger partial charge in [0.05, 0.1) is 33.0 Å². The van der Waals surface area contributed by atoms with Crippen LogP contribution in [0.3, 0.4) is 0 Å². The Balaban J connectivity index is 0.000000219. The first kappa shape index (κ1) is 46.6. The van der Waals surface area contributed by atoms with Gasteiger partial charge < -0.3 is 14.1 Å². The van der Waals surface area contributed by atoms with E-state index in [0.717, 1.165) is 46.1 Å². The minimum atomic E-state index is -1.46. The molecular weight excluding hydrogens is 977 g/mol. The molecule has 1 fully saturated rings. The zero-order chi connectivity index (χ0) is 43.9. The van der Waals surface area contributed by atoms with Crippen molar-refractivity contribution in [3.63, 3.8) is 0 Å². The summed E-state index contributed by atoms with van der Waals surface area (Å²) in [5.41, 5.74) is 13.4. The Morgan fingerprint density at radius 3 is 2.02 bits per heavy atom. The molecule has 3 aromatic heterocycles. The van der Waals surface area contributed by atoms with Crippen molar-refractivity contribution in [2.24, 2.45) is 5.92 Å². The molecule has 1 aliphatic rings. The van der Waals surface area contributed by atoms with E-state index in [1.54, 1.807) is 10.8 Å². The van der Waals surface area contributed by atoms with Crippen molar-refractivity contribution >= 4 is 59.4 Å². The van der Waals surface area contributed by atoms with Crippen LogP contribution in [-0.4, -0.2) is 35.2 Å². The fraction of sp³-hybridized carbons (Fsp3) is 0.357. The van der Waals surface area contributed by atoms with Crippen LogP contribution in [0.4, 0.5) is 0 Å². The van der Waals surface area contributed by atoms with E-state index < -0.39 is 16.1 Å². The second-order valence-corrected chi connectivity index (χ2v) is 30.4. The van der Waals surface area contributed by atoms with E-state index in [2.05, 4.69) is 192 Å². The summed E-state index contributed by atoms with van der Waals surface area (Å²) in [4.78, 5) is 10.0. The first-order valence-electron chi connectivity index (χ1n) is 23.2. The fourth-order valence-electron chi connectivity index (χ4n) is 9.75. The number of imidazole rings is 1. The molecule has 0 atom stereocenters. The van der Waals surface area contributed by atoms with Gasteiger partial charge in [0.15, 0.2) is 0 Å². The number of benzene rings is 5. The van der Waals surface area contributed by atoms with E-state index in [0.29, 0.717) is 11.8 Å². The maximum absolute atomic E-state index is 5.26.